The van der Waals surface area contributed by atoms with Gasteiger partial charge in [0, 0.05) is 18.7 Å². The van der Waals surface area contributed by atoms with Gasteiger partial charge in [0.2, 0.25) is 11.8 Å². The first kappa shape index (κ1) is 20.6. The molecule has 9 nitrogen and oxygen atoms in total. The Morgan fingerprint density at radius 2 is 1.91 bits per heavy atom. The van der Waals surface area contributed by atoms with Gasteiger partial charge in [-0.15, -0.1) is 0 Å². The molecule has 0 spiro atoms. The van der Waals surface area contributed by atoms with Crippen LogP contribution in [0, 0.1) is 18.7 Å². The number of hydrogen-bond acceptors (Lipinski definition) is 5. The van der Waals surface area contributed by atoms with Gasteiger partial charge in [0.15, 0.2) is 5.65 Å². The summed E-state index contributed by atoms with van der Waals surface area (Å²) in [6.45, 7) is 2.16. The Morgan fingerprint density at radius 3 is 2.67 bits per heavy atom. The van der Waals surface area contributed by atoms with Crippen LogP contribution in [0.3, 0.4) is 0 Å². The molecule has 0 bridgehead atoms. The number of carbonyl (C=O) groups excluding carboxylic acids is 2. The molecule has 2 aromatic heterocycles. The van der Waals surface area contributed by atoms with E-state index in [1.54, 1.807) is 4.90 Å². The van der Waals surface area contributed by atoms with Gasteiger partial charge >= 0.3 is 0 Å². The minimum Gasteiger partial charge on any atom is -0.312 e. The van der Waals surface area contributed by atoms with Crippen LogP contribution in [0.25, 0.3) is 16.7 Å². The molecule has 1 aliphatic rings. The number of nitrogens with zero attached hydrogens (tertiary/aromatic N) is 5. The maximum absolute atomic E-state index is 13.2. The molecule has 0 radical (unpaired) electrons. The van der Waals surface area contributed by atoms with E-state index in [1.165, 1.54) is 41.5 Å². The van der Waals surface area contributed by atoms with Gasteiger partial charge in [0.05, 0.1) is 17.8 Å². The Kier molecular flexibility index (Phi) is 4.97. The Morgan fingerprint density at radius 1 is 1.12 bits per heavy atom. The molecule has 2 aromatic carbocycles. The summed E-state index contributed by atoms with van der Waals surface area (Å²) in [7, 11) is 0. The van der Waals surface area contributed by atoms with E-state index in [1.807, 2.05) is 31.2 Å². The van der Waals surface area contributed by atoms with E-state index in [4.69, 9.17) is 0 Å². The molecule has 5 rings (SSSR count). The third-order valence-electron chi connectivity index (χ3n) is 5.60. The summed E-state index contributed by atoms with van der Waals surface area (Å²) in [6, 6.07) is 13.1. The van der Waals surface area contributed by atoms with Crippen LogP contribution in [0.2, 0.25) is 0 Å². The smallest absolute Gasteiger partial charge is 0.283 e. The number of amides is 2. The maximum atomic E-state index is 13.2. The highest BCUT2D eigenvalue weighted by atomic mass is 19.1. The first-order valence-electron chi connectivity index (χ1n) is 10.3. The SMILES string of the molecule is Cc1cccc(N2CC(C(=O)Nn3cnc4c(cnn4-c4ccc(F)cc4)c3=O)CC2=O)c1. The van der Waals surface area contributed by atoms with E-state index in [2.05, 4.69) is 15.5 Å². The van der Waals surface area contributed by atoms with Crippen LogP contribution >= 0.6 is 0 Å². The number of carbonyl (C=O) groups is 2. The Labute approximate surface area is 187 Å². The van der Waals surface area contributed by atoms with Crippen molar-refractivity contribution in [2.24, 2.45) is 5.92 Å². The molecule has 166 valence electrons. The summed E-state index contributed by atoms with van der Waals surface area (Å²) >= 11 is 0. The molecule has 4 aromatic rings. The fourth-order valence-electron chi connectivity index (χ4n) is 3.90. The van der Waals surface area contributed by atoms with E-state index in [0.717, 1.165) is 15.9 Å². The zero-order valence-electron chi connectivity index (χ0n) is 17.6. The summed E-state index contributed by atoms with van der Waals surface area (Å²) < 4.78 is 15.6. The Balaban J connectivity index is 1.36. The molecule has 1 saturated heterocycles. The van der Waals surface area contributed by atoms with Crippen molar-refractivity contribution in [3.05, 3.63) is 82.8 Å². The second-order valence-electron chi connectivity index (χ2n) is 7.91. The second-order valence-corrected chi connectivity index (χ2v) is 7.91. The average Bonchev–Trinajstić information content (AvgIpc) is 3.40. The first-order valence-corrected chi connectivity index (χ1v) is 10.3. The van der Waals surface area contributed by atoms with Crippen molar-refractivity contribution < 1.29 is 14.0 Å². The minimum absolute atomic E-state index is 0.0483. The van der Waals surface area contributed by atoms with Crippen LogP contribution in [-0.2, 0) is 9.59 Å². The van der Waals surface area contributed by atoms with Gasteiger partial charge in [0.25, 0.3) is 5.56 Å². The fourth-order valence-corrected chi connectivity index (χ4v) is 3.90. The van der Waals surface area contributed by atoms with Gasteiger partial charge in [0.1, 0.15) is 17.5 Å². The lowest BCUT2D eigenvalue weighted by molar-refractivity contribution is -0.123. The zero-order chi connectivity index (χ0) is 23.1. The number of anilines is 1. The quantitative estimate of drug-likeness (QED) is 0.518. The molecule has 10 heteroatoms. The Hall–Kier alpha value is -4.34. The molecule has 0 saturated carbocycles. The molecule has 1 N–H and O–H groups in total. The summed E-state index contributed by atoms with van der Waals surface area (Å²) in [4.78, 5) is 44.0. The van der Waals surface area contributed by atoms with Gasteiger partial charge in [-0.25, -0.2) is 18.7 Å². The van der Waals surface area contributed by atoms with Crippen molar-refractivity contribution in [1.82, 2.24) is 19.4 Å². The maximum Gasteiger partial charge on any atom is 0.283 e. The Bertz CT molecular complexity index is 1440. The molecule has 2 amide bonds. The predicted molar refractivity (Wildman–Crippen MR) is 119 cm³/mol. The summed E-state index contributed by atoms with van der Waals surface area (Å²) in [5.74, 6) is -1.60. The van der Waals surface area contributed by atoms with E-state index >= 15 is 0 Å². The number of aryl methyl sites for hydroxylation is 1. The van der Waals surface area contributed by atoms with Crippen molar-refractivity contribution in [2.75, 3.05) is 16.9 Å². The minimum atomic E-state index is -0.609. The van der Waals surface area contributed by atoms with Crippen molar-refractivity contribution in [1.29, 1.82) is 0 Å². The summed E-state index contributed by atoms with van der Waals surface area (Å²) in [6.07, 6.45) is 2.58. The molecular formula is C23H19FN6O3. The summed E-state index contributed by atoms with van der Waals surface area (Å²) in [5, 5.41) is 4.35. The van der Waals surface area contributed by atoms with Crippen LogP contribution in [0.4, 0.5) is 10.1 Å². The molecule has 0 aliphatic carbocycles. The first-order chi connectivity index (χ1) is 15.9. The topological polar surface area (TPSA) is 102 Å². The fraction of sp³-hybridized carbons (Fsp3) is 0.174. The number of halogens is 1. The van der Waals surface area contributed by atoms with Crippen molar-refractivity contribution in [2.45, 2.75) is 13.3 Å². The van der Waals surface area contributed by atoms with Crippen molar-refractivity contribution in [3.63, 3.8) is 0 Å². The third kappa shape index (κ3) is 3.75. The lowest BCUT2D eigenvalue weighted by Gasteiger charge is -2.17. The number of nitrogens with one attached hydrogen (secondary N) is 1. The van der Waals surface area contributed by atoms with Gasteiger partial charge < -0.3 is 4.90 Å². The number of benzene rings is 2. The average molecular weight is 446 g/mol. The van der Waals surface area contributed by atoms with Crippen LogP contribution in [0.15, 0.2) is 65.8 Å². The molecule has 3 heterocycles. The highest BCUT2D eigenvalue weighted by molar-refractivity contribution is 6.01. The molecule has 1 fully saturated rings. The van der Waals surface area contributed by atoms with E-state index in [-0.39, 0.29) is 35.7 Å². The van der Waals surface area contributed by atoms with Gasteiger partial charge in [-0.2, -0.15) is 5.10 Å². The normalized spacial score (nSPS) is 15.9. The van der Waals surface area contributed by atoms with E-state index < -0.39 is 17.4 Å². The van der Waals surface area contributed by atoms with Gasteiger partial charge in [-0.05, 0) is 48.9 Å². The standard InChI is InChI=1S/C23H19FN6O3/c1-14-3-2-4-18(9-14)28-12-15(10-20(28)31)22(32)27-29-13-25-21-19(23(29)33)11-26-30(21)17-7-5-16(24)6-8-17/h2-9,11,13,15H,10,12H2,1H3,(H,27,32). The molecule has 1 atom stereocenters. The van der Waals surface area contributed by atoms with Crippen LogP contribution in [0.1, 0.15) is 12.0 Å². The number of aromatic nitrogens is 4. The molecule has 33 heavy (non-hydrogen) atoms. The highest BCUT2D eigenvalue weighted by Crippen LogP contribution is 2.26. The highest BCUT2D eigenvalue weighted by Gasteiger charge is 2.35. The van der Waals surface area contributed by atoms with E-state index in [0.29, 0.717) is 5.69 Å². The van der Waals surface area contributed by atoms with Crippen molar-refractivity contribution in [3.8, 4) is 5.69 Å². The molecular weight excluding hydrogens is 427 g/mol. The lowest BCUT2D eigenvalue weighted by Crippen LogP contribution is -2.37. The molecule has 1 unspecified atom stereocenters. The number of rotatable bonds is 4. The summed E-state index contributed by atoms with van der Waals surface area (Å²) in [5.41, 5.74) is 4.60. The van der Waals surface area contributed by atoms with E-state index in [9.17, 15) is 18.8 Å². The number of hydrogen-bond donors (Lipinski definition) is 1. The second kappa shape index (κ2) is 7.97. The lowest BCUT2D eigenvalue weighted by atomic mass is 10.1. The van der Waals surface area contributed by atoms with Crippen LogP contribution in [-0.4, -0.2) is 37.8 Å². The van der Waals surface area contributed by atoms with Crippen molar-refractivity contribution >= 4 is 28.5 Å². The van der Waals surface area contributed by atoms with Crippen LogP contribution < -0.4 is 15.9 Å². The van der Waals surface area contributed by atoms with Gasteiger partial charge in [-0.3, -0.25) is 19.8 Å². The monoisotopic (exact) mass is 446 g/mol. The van der Waals surface area contributed by atoms with Crippen LogP contribution in [0.5, 0.6) is 0 Å². The third-order valence-corrected chi connectivity index (χ3v) is 5.60. The predicted octanol–water partition coefficient (Wildman–Crippen LogP) is 2.15. The molecule has 1 aliphatic heterocycles. The largest absolute Gasteiger partial charge is 0.312 e. The zero-order valence-corrected chi connectivity index (χ0v) is 17.6. The van der Waals surface area contributed by atoms with Gasteiger partial charge in [-0.1, -0.05) is 12.1 Å². The number of fused-ring (bicyclic) bond motifs is 1.